The van der Waals surface area contributed by atoms with Crippen molar-refractivity contribution >= 4 is 23.5 Å². The molecule has 1 aromatic rings. The van der Waals surface area contributed by atoms with Crippen molar-refractivity contribution in [2.45, 2.75) is 18.9 Å². The average molecular weight is 301 g/mol. The molecule has 0 unspecified atom stereocenters. The van der Waals surface area contributed by atoms with Crippen LogP contribution in [0.15, 0.2) is 24.3 Å². The molecule has 2 aliphatic carbocycles. The van der Waals surface area contributed by atoms with E-state index in [1.165, 1.54) is 12.1 Å². The molecule has 3 aliphatic rings. The van der Waals surface area contributed by atoms with E-state index in [-0.39, 0.29) is 47.2 Å². The normalized spacial score (nSPS) is 34.5. The zero-order valence-electron chi connectivity index (χ0n) is 11.7. The number of anilines is 1. The third-order valence-corrected chi connectivity index (χ3v) is 5.19. The first-order valence-corrected chi connectivity index (χ1v) is 7.39. The van der Waals surface area contributed by atoms with Gasteiger partial charge in [-0.1, -0.05) is 0 Å². The summed E-state index contributed by atoms with van der Waals surface area (Å²) in [6, 6.07) is 6.01. The Bertz CT molecular complexity index is 666. The summed E-state index contributed by atoms with van der Waals surface area (Å²) in [4.78, 5) is 35.2. The molecule has 0 spiro atoms. The lowest BCUT2D eigenvalue weighted by Crippen LogP contribution is -2.35. The molecule has 2 bridgehead atoms. The van der Waals surface area contributed by atoms with Crippen LogP contribution in [-0.4, -0.2) is 29.1 Å². The smallest absolute Gasteiger partial charge is 0.335 e. The number of fused-ring (bicyclic) bond motifs is 1. The monoisotopic (exact) mass is 301 g/mol. The summed E-state index contributed by atoms with van der Waals surface area (Å²) in [5.41, 5.74) is 0.709. The number of benzene rings is 1. The summed E-state index contributed by atoms with van der Waals surface area (Å²) in [5, 5.41) is 11.7. The van der Waals surface area contributed by atoms with Crippen molar-refractivity contribution in [1.82, 2.24) is 0 Å². The molecule has 2 N–H and O–H groups in total. The number of carbonyl (C=O) groups is 3. The van der Waals surface area contributed by atoms with Gasteiger partial charge in [0.2, 0.25) is 5.91 Å². The fraction of sp³-hybridized carbons (Fsp3) is 0.438. The SMILES string of the molecule is O=C(O)c1ccc(NC(=O)[C@H]2[C@H]3C[C@@H]4[C@@H]2C(=O)O[C@@H]4C3)cc1. The predicted octanol–water partition coefficient (Wildman–Crippen LogP) is 1.52. The van der Waals surface area contributed by atoms with E-state index in [0.29, 0.717) is 5.69 Å². The third-order valence-electron chi connectivity index (χ3n) is 5.19. The number of rotatable bonds is 3. The first kappa shape index (κ1) is 13.3. The van der Waals surface area contributed by atoms with Gasteiger partial charge in [-0.3, -0.25) is 9.59 Å². The molecular formula is C16H15NO5. The van der Waals surface area contributed by atoms with Gasteiger partial charge in [0.25, 0.3) is 0 Å². The van der Waals surface area contributed by atoms with Crippen LogP contribution in [0.4, 0.5) is 5.69 Å². The molecule has 0 radical (unpaired) electrons. The summed E-state index contributed by atoms with van der Waals surface area (Å²) in [6.07, 6.45) is 1.68. The van der Waals surface area contributed by atoms with Gasteiger partial charge in [0.05, 0.1) is 17.4 Å². The van der Waals surface area contributed by atoms with Crippen molar-refractivity contribution in [1.29, 1.82) is 0 Å². The van der Waals surface area contributed by atoms with E-state index in [1.807, 2.05) is 0 Å². The minimum absolute atomic E-state index is 0.0152. The Hall–Kier alpha value is -2.37. The zero-order valence-corrected chi connectivity index (χ0v) is 11.7. The van der Waals surface area contributed by atoms with E-state index in [2.05, 4.69) is 5.32 Å². The number of esters is 1. The Morgan fingerprint density at radius 1 is 1.18 bits per heavy atom. The summed E-state index contributed by atoms with van der Waals surface area (Å²) in [6.45, 7) is 0. The first-order chi connectivity index (χ1) is 10.5. The molecule has 0 aromatic heterocycles. The summed E-state index contributed by atoms with van der Waals surface area (Å²) in [7, 11) is 0. The highest BCUT2D eigenvalue weighted by molar-refractivity contribution is 5.97. The van der Waals surface area contributed by atoms with Crippen LogP contribution < -0.4 is 5.32 Å². The maximum Gasteiger partial charge on any atom is 0.335 e. The second-order valence-corrected chi connectivity index (χ2v) is 6.29. The molecular weight excluding hydrogens is 286 g/mol. The van der Waals surface area contributed by atoms with Gasteiger partial charge in [0.1, 0.15) is 6.10 Å². The van der Waals surface area contributed by atoms with Gasteiger partial charge < -0.3 is 15.2 Å². The second-order valence-electron chi connectivity index (χ2n) is 6.29. The van der Waals surface area contributed by atoms with Crippen molar-refractivity contribution in [2.24, 2.45) is 23.7 Å². The van der Waals surface area contributed by atoms with Gasteiger partial charge in [-0.05, 0) is 43.0 Å². The lowest BCUT2D eigenvalue weighted by atomic mass is 9.79. The minimum Gasteiger partial charge on any atom is -0.478 e. The molecule has 6 nitrogen and oxygen atoms in total. The third kappa shape index (κ3) is 1.83. The molecule has 4 rings (SSSR count). The van der Waals surface area contributed by atoms with Crippen molar-refractivity contribution in [2.75, 3.05) is 5.32 Å². The van der Waals surface area contributed by atoms with Gasteiger partial charge in [-0.2, -0.15) is 0 Å². The van der Waals surface area contributed by atoms with Gasteiger partial charge in [-0.25, -0.2) is 4.79 Å². The molecule has 22 heavy (non-hydrogen) atoms. The quantitative estimate of drug-likeness (QED) is 0.826. The van der Waals surface area contributed by atoms with Crippen molar-refractivity contribution in [3.8, 4) is 0 Å². The molecule has 3 fully saturated rings. The highest BCUT2D eigenvalue weighted by Crippen LogP contribution is 2.57. The minimum atomic E-state index is -1.01. The molecule has 1 aliphatic heterocycles. The number of carbonyl (C=O) groups excluding carboxylic acids is 2. The van der Waals surface area contributed by atoms with Crippen molar-refractivity contribution in [3.63, 3.8) is 0 Å². The van der Waals surface area contributed by atoms with Crippen LogP contribution in [0.3, 0.4) is 0 Å². The number of hydrogen-bond acceptors (Lipinski definition) is 4. The second kappa shape index (κ2) is 4.56. The fourth-order valence-corrected chi connectivity index (χ4v) is 4.28. The van der Waals surface area contributed by atoms with Gasteiger partial charge in [0.15, 0.2) is 0 Å². The number of carboxylic acids is 1. The Morgan fingerprint density at radius 3 is 2.59 bits per heavy atom. The van der Waals surface area contributed by atoms with E-state index < -0.39 is 5.97 Å². The average Bonchev–Trinajstić information content (AvgIpc) is 3.09. The summed E-state index contributed by atoms with van der Waals surface area (Å²) in [5.74, 6) is -1.63. The molecule has 5 atom stereocenters. The van der Waals surface area contributed by atoms with Crippen LogP contribution in [0, 0.1) is 23.7 Å². The van der Waals surface area contributed by atoms with Crippen molar-refractivity contribution < 1.29 is 24.2 Å². The molecule has 1 aromatic carbocycles. The molecule has 1 amide bonds. The van der Waals surface area contributed by atoms with Gasteiger partial charge >= 0.3 is 11.9 Å². The number of amides is 1. The Balaban J connectivity index is 1.51. The largest absolute Gasteiger partial charge is 0.478 e. The highest BCUT2D eigenvalue weighted by Gasteiger charge is 2.63. The number of hydrogen-bond donors (Lipinski definition) is 2. The Labute approximate surface area is 126 Å². The highest BCUT2D eigenvalue weighted by atomic mass is 16.6. The zero-order chi connectivity index (χ0) is 15.4. The van der Waals surface area contributed by atoms with Gasteiger partial charge in [-0.15, -0.1) is 0 Å². The van der Waals surface area contributed by atoms with E-state index >= 15 is 0 Å². The van der Waals surface area contributed by atoms with Crippen LogP contribution in [0.25, 0.3) is 0 Å². The standard InChI is InChI=1S/C16H15NO5/c18-14(17-9-3-1-7(2-4-9)15(19)20)12-8-5-10-11(6-8)22-16(21)13(10)12/h1-4,8,10-13H,5-6H2,(H,17,18)(H,19,20)/t8-,10-,11+,12-,13-/m0/s1. The summed E-state index contributed by atoms with van der Waals surface area (Å²) < 4.78 is 5.33. The fourth-order valence-electron chi connectivity index (χ4n) is 4.28. The lowest BCUT2D eigenvalue weighted by Gasteiger charge is -2.23. The van der Waals surface area contributed by atoms with Crippen LogP contribution in [0.1, 0.15) is 23.2 Å². The maximum absolute atomic E-state index is 12.5. The van der Waals surface area contributed by atoms with Crippen LogP contribution >= 0.6 is 0 Å². The molecule has 1 heterocycles. The van der Waals surface area contributed by atoms with E-state index in [9.17, 15) is 14.4 Å². The van der Waals surface area contributed by atoms with Crippen LogP contribution in [0.2, 0.25) is 0 Å². The van der Waals surface area contributed by atoms with E-state index in [4.69, 9.17) is 9.84 Å². The summed E-state index contributed by atoms with van der Waals surface area (Å²) >= 11 is 0. The number of ether oxygens (including phenoxy) is 1. The number of aromatic carboxylic acids is 1. The lowest BCUT2D eigenvalue weighted by molar-refractivity contribution is -0.145. The number of carboxylic acid groups (broad SMARTS) is 1. The topological polar surface area (TPSA) is 92.7 Å². The Kier molecular flexibility index (Phi) is 2.76. The van der Waals surface area contributed by atoms with Crippen molar-refractivity contribution in [3.05, 3.63) is 29.8 Å². The molecule has 6 heteroatoms. The number of nitrogens with one attached hydrogen (secondary N) is 1. The van der Waals surface area contributed by atoms with Gasteiger partial charge in [0, 0.05) is 11.6 Å². The predicted molar refractivity (Wildman–Crippen MR) is 75.1 cm³/mol. The van der Waals surface area contributed by atoms with Crippen LogP contribution in [0.5, 0.6) is 0 Å². The molecule has 2 saturated carbocycles. The molecule has 114 valence electrons. The van der Waals surface area contributed by atoms with E-state index in [0.717, 1.165) is 12.8 Å². The maximum atomic E-state index is 12.5. The van der Waals surface area contributed by atoms with Crippen LogP contribution in [-0.2, 0) is 14.3 Å². The first-order valence-electron chi connectivity index (χ1n) is 7.39. The van der Waals surface area contributed by atoms with E-state index in [1.54, 1.807) is 12.1 Å². The Morgan fingerprint density at radius 2 is 1.91 bits per heavy atom. The molecule has 1 saturated heterocycles.